The van der Waals surface area contributed by atoms with E-state index < -0.39 is 89.9 Å². The second-order valence-electron chi connectivity index (χ2n) is 12.5. The molecule has 0 fully saturated rings. The van der Waals surface area contributed by atoms with Crippen molar-refractivity contribution in [1.29, 1.82) is 0 Å². The second-order valence-corrected chi connectivity index (χ2v) is 13.6. The Morgan fingerprint density at radius 1 is 0.758 bits per heavy atom. The fourth-order valence-corrected chi connectivity index (χ4v) is 4.75. The molecule has 62 heavy (non-hydrogen) atoms. The molecule has 3 unspecified atom stereocenters. The number of halogens is 2. The Morgan fingerprint density at radius 2 is 1.26 bits per heavy atom. The minimum absolute atomic E-state index is 0.0755. The average Bonchev–Trinajstić information content (AvgIpc) is 3.21. The number of hydrogen-bond donors (Lipinski definition) is 13. The van der Waals surface area contributed by atoms with E-state index in [1.807, 2.05) is 0 Å². The lowest BCUT2D eigenvalue weighted by Gasteiger charge is -2.28. The highest BCUT2D eigenvalue weighted by Crippen LogP contribution is 2.23. The van der Waals surface area contributed by atoms with Gasteiger partial charge in [-0.3, -0.25) is 14.5 Å². The van der Waals surface area contributed by atoms with Gasteiger partial charge in [0, 0.05) is 28.4 Å². The molecular formula is C39H46Cl2N6O15. The minimum atomic E-state index is -1.48. The van der Waals surface area contributed by atoms with Gasteiger partial charge in [0.25, 0.3) is 5.91 Å². The van der Waals surface area contributed by atoms with Gasteiger partial charge in [-0.05, 0) is 91.4 Å². The number of amides is 1. The van der Waals surface area contributed by atoms with Gasteiger partial charge in [-0.2, -0.15) is 0 Å². The lowest BCUT2D eigenvalue weighted by Crippen LogP contribution is -2.49. The van der Waals surface area contributed by atoms with Crippen LogP contribution in [-0.4, -0.2) is 125 Å². The molecule has 23 heteroatoms. The largest absolute Gasteiger partial charge is 0.480 e. The normalized spacial score (nSPS) is 15.1. The number of carbonyl (C=O) groups is 6. The number of nitrogen functional groups attached to an aromatic ring is 3. The lowest BCUT2D eigenvalue weighted by atomic mass is 10.0. The Kier molecular flexibility index (Phi) is 22.6. The zero-order chi connectivity index (χ0) is 47.3. The van der Waals surface area contributed by atoms with Gasteiger partial charge in [-0.15, -0.1) is 0 Å². The molecule has 0 aromatic heterocycles. The number of aliphatic hydroxyl groups excluding tert-OH is 3. The van der Waals surface area contributed by atoms with Crippen LogP contribution in [0.15, 0.2) is 109 Å². The molecule has 0 saturated carbocycles. The number of aliphatic hydroxyl groups is 3. The number of carbonyl (C=O) groups excluding carboxylic acids is 1. The zero-order valence-electron chi connectivity index (χ0n) is 32.4. The number of hydrogen-bond acceptors (Lipinski definition) is 15. The summed E-state index contributed by atoms with van der Waals surface area (Å²) in [6.07, 6.45) is 1.73. The first-order chi connectivity index (χ1) is 29.0. The molecule has 4 rings (SSSR count). The highest BCUT2D eigenvalue weighted by atomic mass is 35.5. The van der Waals surface area contributed by atoms with E-state index in [4.69, 9.17) is 86.6 Å². The summed E-state index contributed by atoms with van der Waals surface area (Å²) in [5.41, 5.74) is 25.1. The van der Waals surface area contributed by atoms with E-state index in [9.17, 15) is 33.9 Å². The van der Waals surface area contributed by atoms with Crippen molar-refractivity contribution in [3.05, 3.63) is 114 Å². The summed E-state index contributed by atoms with van der Waals surface area (Å²) < 4.78 is 4.81. The summed E-state index contributed by atoms with van der Waals surface area (Å²) in [7, 11) is 0. The van der Waals surface area contributed by atoms with Crippen molar-refractivity contribution in [2.45, 2.75) is 41.6 Å². The number of benzene rings is 3. The Bertz CT molecular complexity index is 2050. The standard InChI is InChI=1S/C11H12Cl2N2O4.C10H10O6.C9H12N2O3.C9H12N2O2/c12-9(13)10(17)15(8(5-16)11(18)19)7-3-1-6(14)2-4-7;1-5(9(12)13)16-8-4-6(10(14)15)2-3-7(8)11;10-6-1-3-7(4-2-6)11-8(5-12)9(13)14;10-7-3-1-6(2-4-7)5-8(11)9(12)13/h1-4,8-9,16H,5,14H2,(H,18,19);2-4,7-8,11H,1H2,(H,12,13)(H,14,15);1-4,8,11-12H,5,10H2,(H,13,14);1-4,8H,5,10-11H2,(H,12,13)/t;7-,8-;;/m.1../s1. The third kappa shape index (κ3) is 18.6. The van der Waals surface area contributed by atoms with Crippen LogP contribution in [0.4, 0.5) is 28.4 Å². The van der Waals surface area contributed by atoms with Crippen molar-refractivity contribution in [2.75, 3.05) is 40.6 Å². The van der Waals surface area contributed by atoms with Gasteiger partial charge in [-0.25, -0.2) is 19.2 Å². The molecule has 336 valence electrons. The molecule has 0 spiro atoms. The van der Waals surface area contributed by atoms with Crippen LogP contribution in [0, 0.1) is 0 Å². The van der Waals surface area contributed by atoms with Crippen LogP contribution in [0.25, 0.3) is 0 Å². The predicted octanol–water partition coefficient (Wildman–Crippen LogP) is 1.11. The third-order valence-electron chi connectivity index (χ3n) is 7.77. The Hall–Kier alpha value is -6.88. The number of ether oxygens (including phenoxy) is 1. The maximum Gasteiger partial charge on any atom is 0.370 e. The van der Waals surface area contributed by atoms with Gasteiger partial charge in [0.2, 0.25) is 0 Å². The molecule has 0 radical (unpaired) electrons. The van der Waals surface area contributed by atoms with Crippen molar-refractivity contribution in [3.63, 3.8) is 0 Å². The maximum atomic E-state index is 11.9. The Morgan fingerprint density at radius 3 is 1.66 bits per heavy atom. The number of nitrogens with one attached hydrogen (secondary N) is 1. The zero-order valence-corrected chi connectivity index (χ0v) is 33.9. The molecular weight excluding hydrogens is 863 g/mol. The Balaban J connectivity index is 0.000000417. The molecule has 17 N–H and O–H groups in total. The maximum absolute atomic E-state index is 11.9. The first kappa shape index (κ1) is 53.1. The van der Waals surface area contributed by atoms with E-state index >= 15 is 0 Å². The molecule has 21 nitrogen and oxygen atoms in total. The third-order valence-corrected chi connectivity index (χ3v) is 8.14. The van der Waals surface area contributed by atoms with E-state index in [1.54, 1.807) is 48.5 Å². The van der Waals surface area contributed by atoms with Crippen molar-refractivity contribution in [2.24, 2.45) is 5.73 Å². The molecule has 0 aliphatic heterocycles. The van der Waals surface area contributed by atoms with Crippen molar-refractivity contribution in [3.8, 4) is 0 Å². The highest BCUT2D eigenvalue weighted by Gasteiger charge is 2.33. The van der Waals surface area contributed by atoms with Crippen LogP contribution >= 0.6 is 23.2 Å². The number of alkyl halides is 2. The molecule has 0 bridgehead atoms. The summed E-state index contributed by atoms with van der Waals surface area (Å²) in [6.45, 7) is 1.89. The van der Waals surface area contributed by atoms with E-state index in [1.165, 1.54) is 36.4 Å². The Labute approximate surface area is 363 Å². The topological polar surface area (TPSA) is 393 Å². The van der Waals surface area contributed by atoms with E-state index in [0.717, 1.165) is 16.5 Å². The van der Waals surface area contributed by atoms with Crippen LogP contribution < -0.4 is 33.2 Å². The molecule has 5 atom stereocenters. The monoisotopic (exact) mass is 908 g/mol. The number of aliphatic carboxylic acids is 5. The van der Waals surface area contributed by atoms with Gasteiger partial charge >= 0.3 is 29.8 Å². The van der Waals surface area contributed by atoms with Crippen LogP contribution in [-0.2, 0) is 39.9 Å². The number of nitrogens with zero attached hydrogens (tertiary/aromatic N) is 1. The van der Waals surface area contributed by atoms with Gasteiger partial charge in [0.15, 0.2) is 16.6 Å². The molecule has 0 saturated heterocycles. The van der Waals surface area contributed by atoms with Crippen molar-refractivity contribution in [1.82, 2.24) is 0 Å². The molecule has 1 aliphatic rings. The SMILES string of the molecule is C=C(O[C@@H]1C=C(C(=O)O)C=C[C@H]1O)C(=O)O.Nc1ccc(CC(N)C(=O)O)cc1.Nc1ccc(N(C(=O)C(Cl)Cl)C(CO)C(=O)O)cc1.Nc1ccc(NC(CO)C(=O)O)cc1. The van der Waals surface area contributed by atoms with Crippen LogP contribution in [0.5, 0.6) is 0 Å². The highest BCUT2D eigenvalue weighted by molar-refractivity contribution is 6.54. The number of carboxylic acids is 5. The molecule has 0 heterocycles. The van der Waals surface area contributed by atoms with E-state index in [2.05, 4.69) is 11.9 Å². The first-order valence-electron chi connectivity index (χ1n) is 17.5. The second kappa shape index (κ2) is 26.4. The fourth-order valence-electron chi connectivity index (χ4n) is 4.54. The number of carboxylic acid groups (broad SMARTS) is 5. The van der Waals surface area contributed by atoms with Gasteiger partial charge in [0.05, 0.1) is 18.8 Å². The smallest absolute Gasteiger partial charge is 0.370 e. The summed E-state index contributed by atoms with van der Waals surface area (Å²) >= 11 is 11.0. The average molecular weight is 910 g/mol. The van der Waals surface area contributed by atoms with Gasteiger partial charge in [-0.1, -0.05) is 41.4 Å². The number of anilines is 5. The molecule has 1 aliphatic carbocycles. The van der Waals surface area contributed by atoms with Crippen LogP contribution in [0.3, 0.4) is 0 Å². The lowest BCUT2D eigenvalue weighted by molar-refractivity contribution is -0.141. The van der Waals surface area contributed by atoms with Crippen LogP contribution in [0.2, 0.25) is 0 Å². The summed E-state index contributed by atoms with van der Waals surface area (Å²) in [4.78, 5) is 64.4. The van der Waals surface area contributed by atoms with Crippen molar-refractivity contribution >= 4 is 87.4 Å². The van der Waals surface area contributed by atoms with Gasteiger partial charge in [0.1, 0.15) is 24.3 Å². The predicted molar refractivity (Wildman–Crippen MR) is 228 cm³/mol. The quantitative estimate of drug-likeness (QED) is 0.0414. The first-order valence-corrected chi connectivity index (χ1v) is 18.4. The molecule has 3 aromatic rings. The molecule has 1 amide bonds. The van der Waals surface area contributed by atoms with E-state index in [0.29, 0.717) is 29.2 Å². The summed E-state index contributed by atoms with van der Waals surface area (Å²) in [5, 5.41) is 73.4. The van der Waals surface area contributed by atoms with Crippen LogP contribution in [0.1, 0.15) is 5.56 Å². The van der Waals surface area contributed by atoms with E-state index in [-0.39, 0.29) is 11.3 Å². The number of rotatable bonds is 16. The summed E-state index contributed by atoms with van der Waals surface area (Å²) in [5.74, 6) is -7.40. The fraction of sp³-hybridized carbons (Fsp3) is 0.231. The van der Waals surface area contributed by atoms with Gasteiger partial charge < -0.3 is 73.8 Å². The summed E-state index contributed by atoms with van der Waals surface area (Å²) in [6, 6.07) is 16.2. The molecule has 3 aromatic carbocycles. The minimum Gasteiger partial charge on any atom is -0.480 e. The number of nitrogens with two attached hydrogens (primary N) is 4. The van der Waals surface area contributed by atoms with Crippen molar-refractivity contribution < 1.29 is 74.4 Å².